The molecular weight excluding hydrogens is 188 g/mol. The third-order valence-corrected chi connectivity index (χ3v) is 1.19. The Morgan fingerprint density at radius 1 is 1.38 bits per heavy atom. The van der Waals surface area contributed by atoms with Crippen LogP contribution in [-0.2, 0) is 23.4 Å². The normalized spacial score (nSPS) is 10.5. The lowest BCUT2D eigenvalue weighted by Gasteiger charge is -1.81. The van der Waals surface area contributed by atoms with E-state index in [0.29, 0.717) is 0 Å². The van der Waals surface area contributed by atoms with Gasteiger partial charge in [-0.15, -0.1) is 0 Å². The standard InChI is InChI=1S/C6H11N2.C2H6O2S/c1-3-8-5-4-7(2)6-8;1-5(2,3)4/h4-6H,3H2,1-2H3;1-2H3/q+1;. The summed E-state index contributed by atoms with van der Waals surface area (Å²) in [6, 6.07) is 0. The molecule has 1 aromatic heterocycles. The Bertz CT molecular complexity index is 333. The molecule has 5 heteroatoms. The SMILES string of the molecule is CCn1cc[n+](C)c1.CS(C)(=O)=O. The van der Waals surface area contributed by atoms with Crippen LogP contribution in [0.15, 0.2) is 18.7 Å². The lowest BCUT2D eigenvalue weighted by Crippen LogP contribution is -2.23. The van der Waals surface area contributed by atoms with Crippen molar-refractivity contribution < 1.29 is 13.0 Å². The summed E-state index contributed by atoms with van der Waals surface area (Å²) in [7, 11) is -0.647. The lowest BCUT2D eigenvalue weighted by atomic mass is 10.7. The van der Waals surface area contributed by atoms with E-state index in [2.05, 4.69) is 24.0 Å². The first kappa shape index (κ1) is 12.2. The molecule has 0 aromatic carbocycles. The Morgan fingerprint density at radius 2 is 1.85 bits per heavy atom. The summed E-state index contributed by atoms with van der Waals surface area (Å²) in [6.07, 6.45) is 8.46. The second-order valence-electron chi connectivity index (χ2n) is 3.05. The summed E-state index contributed by atoms with van der Waals surface area (Å²) < 4.78 is 23.4. The summed E-state index contributed by atoms with van der Waals surface area (Å²) >= 11 is 0. The van der Waals surface area contributed by atoms with E-state index in [1.54, 1.807) is 0 Å². The summed E-state index contributed by atoms with van der Waals surface area (Å²) in [6.45, 7) is 3.18. The van der Waals surface area contributed by atoms with E-state index in [9.17, 15) is 8.42 Å². The molecule has 0 N–H and O–H groups in total. The van der Waals surface area contributed by atoms with E-state index < -0.39 is 9.84 Å². The molecule has 0 fully saturated rings. The van der Waals surface area contributed by atoms with Gasteiger partial charge in [0.25, 0.3) is 0 Å². The van der Waals surface area contributed by atoms with Gasteiger partial charge in [-0.25, -0.2) is 17.6 Å². The molecule has 0 aliphatic heterocycles. The van der Waals surface area contributed by atoms with Crippen molar-refractivity contribution in [2.24, 2.45) is 7.05 Å². The topological polar surface area (TPSA) is 43.0 Å². The maximum atomic E-state index is 9.63. The molecule has 0 unspecified atom stereocenters. The maximum absolute atomic E-state index is 9.63. The monoisotopic (exact) mass is 205 g/mol. The van der Waals surface area contributed by atoms with Crippen LogP contribution in [0, 0.1) is 0 Å². The third-order valence-electron chi connectivity index (χ3n) is 1.19. The van der Waals surface area contributed by atoms with Crippen LogP contribution in [0.2, 0.25) is 0 Å². The fourth-order valence-corrected chi connectivity index (χ4v) is 0.689. The molecule has 1 aromatic rings. The number of rotatable bonds is 1. The fraction of sp³-hybridized carbons (Fsp3) is 0.625. The van der Waals surface area contributed by atoms with Crippen molar-refractivity contribution in [1.29, 1.82) is 0 Å². The first-order chi connectivity index (χ1) is 5.83. The average molecular weight is 205 g/mol. The van der Waals surface area contributed by atoms with E-state index in [1.165, 1.54) is 0 Å². The van der Waals surface area contributed by atoms with E-state index in [4.69, 9.17) is 0 Å². The Balaban J connectivity index is 0.000000252. The number of hydrogen-bond donors (Lipinski definition) is 0. The Labute approximate surface area is 79.7 Å². The molecule has 1 heterocycles. The van der Waals surface area contributed by atoms with E-state index in [0.717, 1.165) is 19.1 Å². The molecule has 0 aliphatic rings. The predicted octanol–water partition coefficient (Wildman–Crippen LogP) is -0.00670. The minimum Gasteiger partial charge on any atom is -0.240 e. The van der Waals surface area contributed by atoms with Gasteiger partial charge in [-0.3, -0.25) is 0 Å². The van der Waals surface area contributed by atoms with Crippen LogP contribution in [0.5, 0.6) is 0 Å². The van der Waals surface area contributed by atoms with Crippen LogP contribution in [0.3, 0.4) is 0 Å². The molecular formula is C8H17N2O2S+. The zero-order chi connectivity index (χ0) is 10.5. The van der Waals surface area contributed by atoms with Gasteiger partial charge in [0.15, 0.2) is 0 Å². The lowest BCUT2D eigenvalue weighted by molar-refractivity contribution is -0.671. The van der Waals surface area contributed by atoms with Gasteiger partial charge >= 0.3 is 0 Å². The van der Waals surface area contributed by atoms with Crippen molar-refractivity contribution in [3.05, 3.63) is 18.7 Å². The molecule has 0 bridgehead atoms. The first-order valence-corrected chi connectivity index (χ1v) is 6.29. The van der Waals surface area contributed by atoms with Crippen molar-refractivity contribution in [2.75, 3.05) is 12.5 Å². The van der Waals surface area contributed by atoms with Crippen LogP contribution >= 0.6 is 0 Å². The van der Waals surface area contributed by atoms with Crippen LogP contribution in [0.25, 0.3) is 0 Å². The smallest absolute Gasteiger partial charge is 0.240 e. The van der Waals surface area contributed by atoms with Crippen LogP contribution in [0.1, 0.15) is 6.92 Å². The molecule has 0 saturated carbocycles. The number of imidazole rings is 1. The fourth-order valence-electron chi connectivity index (χ4n) is 0.689. The second-order valence-corrected chi connectivity index (χ2v) is 5.34. The number of nitrogens with zero attached hydrogens (tertiary/aromatic N) is 2. The Hall–Kier alpha value is -0.840. The van der Waals surface area contributed by atoms with Crippen molar-refractivity contribution in [2.45, 2.75) is 13.5 Å². The van der Waals surface area contributed by atoms with Gasteiger partial charge in [-0.1, -0.05) is 0 Å². The molecule has 1 rings (SSSR count). The zero-order valence-corrected chi connectivity index (χ0v) is 9.37. The summed E-state index contributed by atoms with van der Waals surface area (Å²) in [4.78, 5) is 0. The van der Waals surface area contributed by atoms with Gasteiger partial charge in [0.2, 0.25) is 6.33 Å². The van der Waals surface area contributed by atoms with Crippen molar-refractivity contribution in [1.82, 2.24) is 4.57 Å². The molecule has 0 spiro atoms. The van der Waals surface area contributed by atoms with Crippen LogP contribution in [-0.4, -0.2) is 25.5 Å². The van der Waals surface area contributed by atoms with Gasteiger partial charge in [0.1, 0.15) is 22.2 Å². The van der Waals surface area contributed by atoms with Gasteiger partial charge < -0.3 is 0 Å². The largest absolute Gasteiger partial charge is 0.243 e. The molecule has 0 amide bonds. The number of sulfone groups is 1. The highest BCUT2D eigenvalue weighted by atomic mass is 32.2. The van der Waals surface area contributed by atoms with Crippen LogP contribution < -0.4 is 4.57 Å². The quantitative estimate of drug-likeness (QED) is 0.605. The zero-order valence-electron chi connectivity index (χ0n) is 8.56. The van der Waals surface area contributed by atoms with Crippen molar-refractivity contribution in [3.8, 4) is 0 Å². The predicted molar refractivity (Wildman–Crippen MR) is 52.0 cm³/mol. The molecule has 0 aliphatic carbocycles. The summed E-state index contributed by atoms with van der Waals surface area (Å²) in [5, 5.41) is 0. The number of hydrogen-bond acceptors (Lipinski definition) is 2. The summed E-state index contributed by atoms with van der Waals surface area (Å²) in [5.41, 5.74) is 0. The third kappa shape index (κ3) is 9.07. The van der Waals surface area contributed by atoms with E-state index >= 15 is 0 Å². The van der Waals surface area contributed by atoms with Crippen molar-refractivity contribution >= 4 is 9.84 Å². The second kappa shape index (κ2) is 5.01. The number of aromatic nitrogens is 2. The molecule has 13 heavy (non-hydrogen) atoms. The molecule has 76 valence electrons. The van der Waals surface area contributed by atoms with Gasteiger partial charge in [0.05, 0.1) is 13.6 Å². The molecule has 4 nitrogen and oxygen atoms in total. The molecule has 0 atom stereocenters. The van der Waals surface area contributed by atoms with Gasteiger partial charge in [0, 0.05) is 12.5 Å². The molecule has 0 saturated heterocycles. The maximum Gasteiger partial charge on any atom is 0.243 e. The van der Waals surface area contributed by atoms with Gasteiger partial charge in [-0.05, 0) is 6.92 Å². The van der Waals surface area contributed by atoms with E-state index in [-0.39, 0.29) is 0 Å². The minimum atomic E-state index is -2.67. The Morgan fingerprint density at radius 3 is 2.00 bits per heavy atom. The van der Waals surface area contributed by atoms with Crippen LogP contribution in [0.4, 0.5) is 0 Å². The van der Waals surface area contributed by atoms with Crippen molar-refractivity contribution in [3.63, 3.8) is 0 Å². The minimum absolute atomic E-state index is 1.06. The highest BCUT2D eigenvalue weighted by Gasteiger charge is 1.92. The Kier molecular flexibility index (Phi) is 4.69. The van der Waals surface area contributed by atoms with E-state index in [1.807, 2.05) is 17.8 Å². The number of aryl methyl sites for hydroxylation is 2. The summed E-state index contributed by atoms with van der Waals surface area (Å²) in [5.74, 6) is 0. The van der Waals surface area contributed by atoms with Gasteiger partial charge in [-0.2, -0.15) is 0 Å². The highest BCUT2D eigenvalue weighted by molar-refractivity contribution is 7.89. The first-order valence-electron chi connectivity index (χ1n) is 3.99. The molecule has 0 radical (unpaired) electrons. The highest BCUT2D eigenvalue weighted by Crippen LogP contribution is 1.79. The average Bonchev–Trinajstić information content (AvgIpc) is 2.31.